The SMILES string of the molecule is Cc1cnc(NC(=O)COc2ccc(C(C)C)c(C)c2)s1. The van der Waals surface area contributed by atoms with Crippen LogP contribution < -0.4 is 10.1 Å². The highest BCUT2D eigenvalue weighted by atomic mass is 32.1. The number of aromatic nitrogens is 1. The van der Waals surface area contributed by atoms with E-state index in [1.54, 1.807) is 6.20 Å². The van der Waals surface area contributed by atoms with Gasteiger partial charge in [0.2, 0.25) is 0 Å². The van der Waals surface area contributed by atoms with Crippen molar-refractivity contribution in [2.45, 2.75) is 33.6 Å². The molecule has 2 aromatic rings. The van der Waals surface area contributed by atoms with Crippen molar-refractivity contribution in [3.63, 3.8) is 0 Å². The van der Waals surface area contributed by atoms with Crippen LogP contribution >= 0.6 is 11.3 Å². The zero-order chi connectivity index (χ0) is 15.4. The van der Waals surface area contributed by atoms with E-state index >= 15 is 0 Å². The standard InChI is InChI=1S/C16H20N2O2S/c1-10(2)14-6-5-13(7-11(14)3)20-9-15(19)18-16-17-8-12(4)21-16/h5-8,10H,9H2,1-4H3,(H,17,18,19). The lowest BCUT2D eigenvalue weighted by Gasteiger charge is -2.12. The Morgan fingerprint density at radius 2 is 2.14 bits per heavy atom. The minimum Gasteiger partial charge on any atom is -0.484 e. The van der Waals surface area contributed by atoms with Crippen molar-refractivity contribution in [3.8, 4) is 5.75 Å². The molecule has 21 heavy (non-hydrogen) atoms. The van der Waals surface area contributed by atoms with Crippen LogP contribution in [-0.2, 0) is 4.79 Å². The molecular weight excluding hydrogens is 284 g/mol. The second-order valence-corrected chi connectivity index (χ2v) is 6.52. The number of hydrogen-bond acceptors (Lipinski definition) is 4. The summed E-state index contributed by atoms with van der Waals surface area (Å²) in [4.78, 5) is 16.9. The monoisotopic (exact) mass is 304 g/mol. The van der Waals surface area contributed by atoms with Crippen LogP contribution in [0, 0.1) is 13.8 Å². The van der Waals surface area contributed by atoms with Crippen molar-refractivity contribution >= 4 is 22.4 Å². The number of hydrogen-bond donors (Lipinski definition) is 1. The van der Waals surface area contributed by atoms with E-state index < -0.39 is 0 Å². The summed E-state index contributed by atoms with van der Waals surface area (Å²) in [7, 11) is 0. The molecule has 0 fully saturated rings. The van der Waals surface area contributed by atoms with Gasteiger partial charge in [-0.25, -0.2) is 4.98 Å². The molecule has 0 spiro atoms. The van der Waals surface area contributed by atoms with Gasteiger partial charge in [-0.05, 0) is 43.0 Å². The van der Waals surface area contributed by atoms with E-state index in [4.69, 9.17) is 4.74 Å². The fraction of sp³-hybridized carbons (Fsp3) is 0.375. The van der Waals surface area contributed by atoms with Crippen LogP contribution in [0.3, 0.4) is 0 Å². The normalized spacial score (nSPS) is 10.7. The smallest absolute Gasteiger partial charge is 0.264 e. The summed E-state index contributed by atoms with van der Waals surface area (Å²) < 4.78 is 5.53. The summed E-state index contributed by atoms with van der Waals surface area (Å²) in [5.41, 5.74) is 2.48. The number of amides is 1. The first kappa shape index (κ1) is 15.5. The van der Waals surface area contributed by atoms with E-state index in [0.29, 0.717) is 16.8 Å². The number of benzene rings is 1. The van der Waals surface area contributed by atoms with E-state index in [9.17, 15) is 4.79 Å². The zero-order valence-electron chi connectivity index (χ0n) is 12.8. The Morgan fingerprint density at radius 1 is 1.38 bits per heavy atom. The van der Waals surface area contributed by atoms with E-state index in [-0.39, 0.29) is 12.5 Å². The van der Waals surface area contributed by atoms with Crippen molar-refractivity contribution in [1.82, 2.24) is 4.98 Å². The lowest BCUT2D eigenvalue weighted by Crippen LogP contribution is -2.20. The van der Waals surface area contributed by atoms with E-state index in [2.05, 4.69) is 37.1 Å². The van der Waals surface area contributed by atoms with Crippen LogP contribution in [-0.4, -0.2) is 17.5 Å². The highest BCUT2D eigenvalue weighted by molar-refractivity contribution is 7.15. The molecule has 0 aliphatic rings. The molecule has 2 rings (SSSR count). The van der Waals surface area contributed by atoms with Gasteiger partial charge >= 0.3 is 0 Å². The van der Waals surface area contributed by atoms with Crippen LogP contribution in [0.2, 0.25) is 0 Å². The molecule has 4 nitrogen and oxygen atoms in total. The second-order valence-electron chi connectivity index (χ2n) is 5.29. The number of carbonyl (C=O) groups excluding carboxylic acids is 1. The van der Waals surface area contributed by atoms with Crippen molar-refractivity contribution in [2.24, 2.45) is 0 Å². The molecule has 0 atom stereocenters. The molecule has 5 heteroatoms. The maximum atomic E-state index is 11.8. The van der Waals surface area contributed by atoms with Crippen molar-refractivity contribution in [1.29, 1.82) is 0 Å². The molecular formula is C16H20N2O2S. The number of ether oxygens (including phenoxy) is 1. The summed E-state index contributed by atoms with van der Waals surface area (Å²) in [5.74, 6) is 0.993. The molecule has 1 amide bonds. The van der Waals surface area contributed by atoms with Crippen molar-refractivity contribution in [3.05, 3.63) is 40.4 Å². The Labute approximate surface area is 129 Å². The Bertz CT molecular complexity index is 635. The van der Waals surface area contributed by atoms with Gasteiger partial charge in [0, 0.05) is 11.1 Å². The summed E-state index contributed by atoms with van der Waals surface area (Å²) in [5, 5.41) is 3.32. The molecule has 0 unspecified atom stereocenters. The number of rotatable bonds is 5. The van der Waals surface area contributed by atoms with Crippen molar-refractivity contribution in [2.75, 3.05) is 11.9 Å². The topological polar surface area (TPSA) is 51.2 Å². The largest absolute Gasteiger partial charge is 0.484 e. The Morgan fingerprint density at radius 3 is 2.71 bits per heavy atom. The first-order chi connectivity index (χ1) is 9.95. The summed E-state index contributed by atoms with van der Waals surface area (Å²) in [6.07, 6.45) is 1.73. The molecule has 1 heterocycles. The van der Waals surface area contributed by atoms with Crippen LogP contribution in [0.25, 0.3) is 0 Å². The second kappa shape index (κ2) is 6.72. The minimum absolute atomic E-state index is 0.0148. The molecule has 1 aromatic carbocycles. The van der Waals surface area contributed by atoms with Gasteiger partial charge in [-0.1, -0.05) is 19.9 Å². The van der Waals surface area contributed by atoms with Gasteiger partial charge in [-0.15, -0.1) is 11.3 Å². The first-order valence-corrected chi connectivity index (χ1v) is 7.73. The van der Waals surface area contributed by atoms with E-state index in [1.807, 2.05) is 19.1 Å². The third-order valence-electron chi connectivity index (χ3n) is 3.10. The van der Waals surface area contributed by atoms with E-state index in [0.717, 1.165) is 4.88 Å². The Kier molecular flexibility index (Phi) is 4.96. The molecule has 0 aliphatic heterocycles. The van der Waals surface area contributed by atoms with Crippen molar-refractivity contribution < 1.29 is 9.53 Å². The average Bonchev–Trinajstić information content (AvgIpc) is 2.81. The van der Waals surface area contributed by atoms with Gasteiger partial charge in [0.15, 0.2) is 11.7 Å². The number of thiazole rings is 1. The number of anilines is 1. The van der Waals surface area contributed by atoms with E-state index in [1.165, 1.54) is 22.5 Å². The Balaban J connectivity index is 1.90. The minimum atomic E-state index is -0.199. The molecule has 0 aliphatic carbocycles. The van der Waals surface area contributed by atoms with Crippen LogP contribution in [0.5, 0.6) is 5.75 Å². The molecule has 0 saturated carbocycles. The summed E-state index contributed by atoms with van der Waals surface area (Å²) in [6, 6.07) is 5.93. The van der Waals surface area contributed by atoms with Gasteiger partial charge in [0.1, 0.15) is 5.75 Å². The van der Waals surface area contributed by atoms with Gasteiger partial charge in [-0.3, -0.25) is 10.1 Å². The number of nitrogens with zero attached hydrogens (tertiary/aromatic N) is 1. The highest BCUT2D eigenvalue weighted by Crippen LogP contribution is 2.23. The van der Waals surface area contributed by atoms with Gasteiger partial charge in [-0.2, -0.15) is 0 Å². The van der Waals surface area contributed by atoms with Gasteiger partial charge in [0.05, 0.1) is 0 Å². The lowest BCUT2D eigenvalue weighted by atomic mass is 9.98. The predicted octanol–water partition coefficient (Wildman–Crippen LogP) is 3.90. The highest BCUT2D eigenvalue weighted by Gasteiger charge is 2.08. The number of nitrogens with one attached hydrogen (secondary N) is 1. The maximum absolute atomic E-state index is 11.8. The lowest BCUT2D eigenvalue weighted by molar-refractivity contribution is -0.118. The fourth-order valence-corrected chi connectivity index (χ4v) is 2.78. The number of aryl methyl sites for hydroxylation is 2. The molecule has 112 valence electrons. The fourth-order valence-electron chi connectivity index (χ4n) is 2.10. The van der Waals surface area contributed by atoms with Gasteiger partial charge < -0.3 is 4.74 Å². The predicted molar refractivity (Wildman–Crippen MR) is 86.2 cm³/mol. The molecule has 1 aromatic heterocycles. The summed E-state index contributed by atoms with van der Waals surface area (Å²) in [6.45, 7) is 8.31. The molecule has 0 bridgehead atoms. The maximum Gasteiger partial charge on any atom is 0.264 e. The van der Waals surface area contributed by atoms with Crippen LogP contribution in [0.1, 0.15) is 35.8 Å². The average molecular weight is 304 g/mol. The quantitative estimate of drug-likeness (QED) is 0.911. The molecule has 0 saturated heterocycles. The molecule has 1 N–H and O–H groups in total. The van der Waals surface area contributed by atoms with Crippen LogP contribution in [0.15, 0.2) is 24.4 Å². The third kappa shape index (κ3) is 4.29. The molecule has 0 radical (unpaired) electrons. The summed E-state index contributed by atoms with van der Waals surface area (Å²) >= 11 is 1.45. The zero-order valence-corrected chi connectivity index (χ0v) is 13.6. The number of carbonyl (C=O) groups is 1. The van der Waals surface area contributed by atoms with Crippen LogP contribution in [0.4, 0.5) is 5.13 Å². The Hall–Kier alpha value is -1.88. The van der Waals surface area contributed by atoms with Gasteiger partial charge in [0.25, 0.3) is 5.91 Å². The first-order valence-electron chi connectivity index (χ1n) is 6.91. The third-order valence-corrected chi connectivity index (χ3v) is 3.93.